The van der Waals surface area contributed by atoms with E-state index in [4.69, 9.17) is 0 Å². The van der Waals surface area contributed by atoms with E-state index in [0.29, 0.717) is 6.54 Å². The zero-order valence-corrected chi connectivity index (χ0v) is 10.4. The summed E-state index contributed by atoms with van der Waals surface area (Å²) in [5, 5.41) is 3.27. The lowest BCUT2D eigenvalue weighted by Gasteiger charge is -2.16. The van der Waals surface area contributed by atoms with E-state index < -0.39 is 0 Å². The predicted molar refractivity (Wildman–Crippen MR) is 64.3 cm³/mol. The van der Waals surface area contributed by atoms with Gasteiger partial charge in [-0.1, -0.05) is 0 Å². The third kappa shape index (κ3) is 3.19. The topological polar surface area (TPSA) is 35.6 Å². The molecule has 0 spiro atoms. The van der Waals surface area contributed by atoms with E-state index in [9.17, 15) is 4.79 Å². The number of likely N-dealkylation sites (tertiary alicyclic amines) is 1. The Hall–Kier alpha value is -0.610. The van der Waals surface area contributed by atoms with Crippen LogP contribution in [0, 0.1) is 5.92 Å². The molecule has 1 N–H and O–H groups in total. The highest BCUT2D eigenvalue weighted by Crippen LogP contribution is 2.31. The van der Waals surface area contributed by atoms with Crippen molar-refractivity contribution >= 4 is 5.91 Å². The first kappa shape index (κ1) is 11.9. The summed E-state index contributed by atoms with van der Waals surface area (Å²) < 4.78 is 0. The molecule has 92 valence electrons. The molecule has 0 radical (unpaired) electrons. The van der Waals surface area contributed by atoms with Crippen LogP contribution in [0.3, 0.4) is 0 Å². The van der Waals surface area contributed by atoms with E-state index in [-0.39, 0.29) is 5.91 Å². The SMILES string of the molecule is CN(C)C(=O)CNCC1CCN(C2CC2)C1. The smallest absolute Gasteiger partial charge is 0.236 e. The molecule has 2 rings (SSSR count). The maximum absolute atomic E-state index is 11.4. The van der Waals surface area contributed by atoms with Crippen LogP contribution in [0.2, 0.25) is 0 Å². The molecule has 1 aliphatic carbocycles. The number of hydrogen-bond acceptors (Lipinski definition) is 3. The summed E-state index contributed by atoms with van der Waals surface area (Å²) in [4.78, 5) is 15.6. The van der Waals surface area contributed by atoms with Crippen molar-refractivity contribution in [3.05, 3.63) is 0 Å². The van der Waals surface area contributed by atoms with E-state index in [0.717, 1.165) is 18.5 Å². The molecule has 0 aromatic heterocycles. The maximum Gasteiger partial charge on any atom is 0.236 e. The number of nitrogens with one attached hydrogen (secondary N) is 1. The number of rotatable bonds is 5. The average molecular weight is 225 g/mol. The molecule has 1 saturated carbocycles. The van der Waals surface area contributed by atoms with Gasteiger partial charge in [0, 0.05) is 26.7 Å². The fraction of sp³-hybridized carbons (Fsp3) is 0.917. The molecule has 4 heteroatoms. The van der Waals surface area contributed by atoms with Gasteiger partial charge in [0.1, 0.15) is 0 Å². The quantitative estimate of drug-likeness (QED) is 0.723. The molecule has 2 fully saturated rings. The summed E-state index contributed by atoms with van der Waals surface area (Å²) in [6.45, 7) is 3.96. The minimum Gasteiger partial charge on any atom is -0.348 e. The predicted octanol–water partition coefficient (Wildman–Crippen LogP) is 0.149. The van der Waals surface area contributed by atoms with Crippen molar-refractivity contribution in [2.24, 2.45) is 5.92 Å². The molecular formula is C12H23N3O. The maximum atomic E-state index is 11.4. The molecule has 1 saturated heterocycles. The molecule has 0 aromatic carbocycles. The summed E-state index contributed by atoms with van der Waals surface area (Å²) in [6, 6.07) is 0.897. The van der Waals surface area contributed by atoms with Gasteiger partial charge < -0.3 is 15.1 Å². The molecule has 1 heterocycles. The first-order chi connectivity index (χ1) is 7.66. The zero-order chi connectivity index (χ0) is 11.5. The van der Waals surface area contributed by atoms with Crippen molar-refractivity contribution in [1.29, 1.82) is 0 Å². The fourth-order valence-corrected chi connectivity index (χ4v) is 2.34. The van der Waals surface area contributed by atoms with E-state index in [1.807, 2.05) is 0 Å². The van der Waals surface area contributed by atoms with Gasteiger partial charge in [-0.15, -0.1) is 0 Å². The van der Waals surface area contributed by atoms with Gasteiger partial charge in [0.2, 0.25) is 5.91 Å². The Morgan fingerprint density at radius 2 is 2.12 bits per heavy atom. The van der Waals surface area contributed by atoms with Crippen molar-refractivity contribution in [2.75, 3.05) is 40.3 Å². The van der Waals surface area contributed by atoms with Crippen LogP contribution in [-0.4, -0.2) is 62.0 Å². The Morgan fingerprint density at radius 3 is 2.75 bits per heavy atom. The van der Waals surface area contributed by atoms with Gasteiger partial charge in [-0.25, -0.2) is 0 Å². The Morgan fingerprint density at radius 1 is 1.38 bits per heavy atom. The van der Waals surface area contributed by atoms with Crippen molar-refractivity contribution in [3.63, 3.8) is 0 Å². The molecule has 1 unspecified atom stereocenters. The lowest BCUT2D eigenvalue weighted by molar-refractivity contribution is -0.127. The third-order valence-corrected chi connectivity index (χ3v) is 3.59. The van der Waals surface area contributed by atoms with Crippen molar-refractivity contribution < 1.29 is 4.79 Å². The molecule has 16 heavy (non-hydrogen) atoms. The number of likely N-dealkylation sites (N-methyl/N-ethyl adjacent to an activating group) is 1. The van der Waals surface area contributed by atoms with Gasteiger partial charge in [-0.2, -0.15) is 0 Å². The van der Waals surface area contributed by atoms with Crippen LogP contribution in [0.25, 0.3) is 0 Å². The Labute approximate surface area is 98.0 Å². The lowest BCUT2D eigenvalue weighted by Crippen LogP contribution is -2.36. The van der Waals surface area contributed by atoms with Crippen molar-refractivity contribution in [3.8, 4) is 0 Å². The summed E-state index contributed by atoms with van der Waals surface area (Å²) >= 11 is 0. The van der Waals surface area contributed by atoms with Crippen LogP contribution in [0.5, 0.6) is 0 Å². The minimum absolute atomic E-state index is 0.164. The van der Waals surface area contributed by atoms with Gasteiger partial charge in [0.05, 0.1) is 6.54 Å². The lowest BCUT2D eigenvalue weighted by atomic mass is 10.1. The highest BCUT2D eigenvalue weighted by atomic mass is 16.2. The highest BCUT2D eigenvalue weighted by molar-refractivity contribution is 5.77. The second kappa shape index (κ2) is 5.15. The molecule has 0 bridgehead atoms. The number of carbonyl (C=O) groups excluding carboxylic acids is 1. The van der Waals surface area contributed by atoms with Crippen molar-refractivity contribution in [1.82, 2.24) is 15.1 Å². The number of carbonyl (C=O) groups is 1. The minimum atomic E-state index is 0.164. The van der Waals surface area contributed by atoms with E-state index in [2.05, 4.69) is 10.2 Å². The molecule has 4 nitrogen and oxygen atoms in total. The van der Waals surface area contributed by atoms with Crippen LogP contribution in [0.15, 0.2) is 0 Å². The highest BCUT2D eigenvalue weighted by Gasteiger charge is 2.33. The first-order valence-electron chi connectivity index (χ1n) is 6.31. The summed E-state index contributed by atoms with van der Waals surface area (Å²) in [6.07, 6.45) is 4.10. The first-order valence-corrected chi connectivity index (χ1v) is 6.31. The molecule has 2 aliphatic rings. The standard InChI is InChI=1S/C12H23N3O/c1-14(2)12(16)8-13-7-10-5-6-15(9-10)11-3-4-11/h10-11,13H,3-9H2,1-2H3. The van der Waals surface area contributed by atoms with Crippen LogP contribution in [-0.2, 0) is 4.79 Å². The van der Waals surface area contributed by atoms with Gasteiger partial charge in [-0.05, 0) is 38.3 Å². The summed E-state index contributed by atoms with van der Waals surface area (Å²) in [7, 11) is 3.60. The monoisotopic (exact) mass is 225 g/mol. The summed E-state index contributed by atoms with van der Waals surface area (Å²) in [5.74, 6) is 0.910. The van der Waals surface area contributed by atoms with Gasteiger partial charge in [-0.3, -0.25) is 4.79 Å². The zero-order valence-electron chi connectivity index (χ0n) is 10.4. The van der Waals surface area contributed by atoms with E-state index in [1.54, 1.807) is 19.0 Å². The summed E-state index contributed by atoms with van der Waals surface area (Å²) in [5.41, 5.74) is 0. The normalized spacial score (nSPS) is 26.0. The third-order valence-electron chi connectivity index (χ3n) is 3.59. The number of nitrogens with zero attached hydrogens (tertiary/aromatic N) is 2. The van der Waals surface area contributed by atoms with Crippen molar-refractivity contribution in [2.45, 2.75) is 25.3 Å². The largest absolute Gasteiger partial charge is 0.348 e. The Kier molecular flexibility index (Phi) is 3.82. The van der Waals surface area contributed by atoms with Gasteiger partial charge in [0.25, 0.3) is 0 Å². The number of hydrogen-bond donors (Lipinski definition) is 1. The Balaban J connectivity index is 1.58. The average Bonchev–Trinajstić information content (AvgIpc) is 2.99. The van der Waals surface area contributed by atoms with Gasteiger partial charge in [0.15, 0.2) is 0 Å². The van der Waals surface area contributed by atoms with Gasteiger partial charge >= 0.3 is 0 Å². The second-order valence-corrected chi connectivity index (χ2v) is 5.30. The molecule has 1 atom stereocenters. The van der Waals surface area contributed by atoms with Crippen LogP contribution in [0.1, 0.15) is 19.3 Å². The Bertz CT molecular complexity index is 251. The van der Waals surface area contributed by atoms with Crippen LogP contribution < -0.4 is 5.32 Å². The van der Waals surface area contributed by atoms with Crippen LogP contribution >= 0.6 is 0 Å². The van der Waals surface area contributed by atoms with E-state index in [1.165, 1.54) is 32.4 Å². The van der Waals surface area contributed by atoms with E-state index >= 15 is 0 Å². The fourth-order valence-electron chi connectivity index (χ4n) is 2.34. The second-order valence-electron chi connectivity index (χ2n) is 5.30. The number of amides is 1. The molecule has 1 amide bonds. The molecular weight excluding hydrogens is 202 g/mol. The van der Waals surface area contributed by atoms with Crippen LogP contribution in [0.4, 0.5) is 0 Å². The molecule has 0 aromatic rings. The molecule has 1 aliphatic heterocycles.